The fourth-order valence-electron chi connectivity index (χ4n) is 2.91. The molecule has 7 heteroatoms. The summed E-state index contributed by atoms with van der Waals surface area (Å²) in [7, 11) is 0. The van der Waals surface area contributed by atoms with Crippen LogP contribution in [0, 0.1) is 21.4 Å². The van der Waals surface area contributed by atoms with Gasteiger partial charge < -0.3 is 10.2 Å². The van der Waals surface area contributed by atoms with Gasteiger partial charge in [-0.3, -0.25) is 14.9 Å². The molecule has 126 valence electrons. The van der Waals surface area contributed by atoms with E-state index in [0.717, 1.165) is 19.3 Å². The van der Waals surface area contributed by atoms with E-state index in [1.165, 1.54) is 18.2 Å². The number of rotatable bonds is 4. The lowest BCUT2D eigenvalue weighted by atomic mass is 9.98. The van der Waals surface area contributed by atoms with Crippen LogP contribution in [0.15, 0.2) is 36.0 Å². The van der Waals surface area contributed by atoms with Gasteiger partial charge in [0.15, 0.2) is 0 Å². The van der Waals surface area contributed by atoms with Crippen LogP contribution in [-0.2, 0) is 4.79 Å². The van der Waals surface area contributed by atoms with Crippen LogP contribution in [0.3, 0.4) is 0 Å². The molecule has 24 heavy (non-hydrogen) atoms. The van der Waals surface area contributed by atoms with E-state index < -0.39 is 10.8 Å². The number of nitro benzene ring substituents is 1. The van der Waals surface area contributed by atoms with E-state index in [-0.39, 0.29) is 29.0 Å². The SMILES string of the molecule is CC1CCCC(C)N1/C=C(/C#N)C(=O)Nc1ccccc1[N+](=O)[O-]. The molecule has 0 aromatic heterocycles. The summed E-state index contributed by atoms with van der Waals surface area (Å²) in [5.41, 5.74) is -0.190. The maximum absolute atomic E-state index is 12.4. The molecule has 1 aromatic carbocycles. The van der Waals surface area contributed by atoms with Gasteiger partial charge in [-0.15, -0.1) is 0 Å². The zero-order valence-electron chi connectivity index (χ0n) is 13.7. The molecule has 1 heterocycles. The van der Waals surface area contributed by atoms with E-state index in [1.807, 2.05) is 11.0 Å². The van der Waals surface area contributed by atoms with E-state index >= 15 is 0 Å². The van der Waals surface area contributed by atoms with Crippen LogP contribution in [0.2, 0.25) is 0 Å². The zero-order valence-corrected chi connectivity index (χ0v) is 13.7. The third-order valence-corrected chi connectivity index (χ3v) is 4.25. The molecule has 1 amide bonds. The molecular formula is C17H20N4O3. The monoisotopic (exact) mass is 328 g/mol. The van der Waals surface area contributed by atoms with Crippen molar-refractivity contribution in [3.05, 3.63) is 46.2 Å². The number of amides is 1. The number of likely N-dealkylation sites (tertiary alicyclic amines) is 1. The van der Waals surface area contributed by atoms with Gasteiger partial charge in [0.05, 0.1) is 4.92 Å². The van der Waals surface area contributed by atoms with E-state index in [0.29, 0.717) is 0 Å². The van der Waals surface area contributed by atoms with Crippen LogP contribution < -0.4 is 5.32 Å². The Labute approximate surface area is 140 Å². The highest BCUT2D eigenvalue weighted by atomic mass is 16.6. The number of para-hydroxylation sites is 2. The van der Waals surface area contributed by atoms with Crippen LogP contribution >= 0.6 is 0 Å². The summed E-state index contributed by atoms with van der Waals surface area (Å²) in [5.74, 6) is -0.642. The first kappa shape index (κ1) is 17.5. The Morgan fingerprint density at radius 2 is 2.00 bits per heavy atom. The molecule has 2 atom stereocenters. The van der Waals surface area contributed by atoms with Crippen LogP contribution in [0.25, 0.3) is 0 Å². The smallest absolute Gasteiger partial charge is 0.292 e. The fourth-order valence-corrected chi connectivity index (χ4v) is 2.91. The highest BCUT2D eigenvalue weighted by Gasteiger charge is 2.24. The molecule has 1 fully saturated rings. The second-order valence-corrected chi connectivity index (χ2v) is 5.96. The molecule has 0 radical (unpaired) electrons. The third kappa shape index (κ3) is 3.90. The van der Waals surface area contributed by atoms with Crippen LogP contribution in [0.4, 0.5) is 11.4 Å². The Hall–Kier alpha value is -2.88. The number of nitro groups is 1. The van der Waals surface area contributed by atoms with E-state index in [4.69, 9.17) is 0 Å². The summed E-state index contributed by atoms with van der Waals surface area (Å²) < 4.78 is 0. The number of nitrogens with zero attached hydrogens (tertiary/aromatic N) is 3. The highest BCUT2D eigenvalue weighted by molar-refractivity contribution is 6.07. The molecular weight excluding hydrogens is 308 g/mol. The number of carbonyl (C=O) groups excluding carboxylic acids is 1. The van der Waals surface area contributed by atoms with Crippen molar-refractivity contribution < 1.29 is 9.72 Å². The van der Waals surface area contributed by atoms with Gasteiger partial charge in [-0.25, -0.2) is 0 Å². The van der Waals surface area contributed by atoms with E-state index in [1.54, 1.807) is 12.3 Å². The average molecular weight is 328 g/mol. The van der Waals surface area contributed by atoms with Gasteiger partial charge in [-0.2, -0.15) is 5.26 Å². The van der Waals surface area contributed by atoms with Crippen LogP contribution in [0.5, 0.6) is 0 Å². The molecule has 1 aliphatic heterocycles. The number of anilines is 1. The molecule has 2 rings (SSSR count). The molecule has 1 saturated heterocycles. The van der Waals surface area contributed by atoms with Gasteiger partial charge in [0, 0.05) is 24.4 Å². The van der Waals surface area contributed by atoms with Crippen molar-refractivity contribution in [3.63, 3.8) is 0 Å². The summed E-state index contributed by atoms with van der Waals surface area (Å²) in [6, 6.07) is 8.25. The molecule has 0 saturated carbocycles. The summed E-state index contributed by atoms with van der Waals surface area (Å²) in [6.07, 6.45) is 4.70. The number of nitrogens with one attached hydrogen (secondary N) is 1. The third-order valence-electron chi connectivity index (χ3n) is 4.25. The second-order valence-electron chi connectivity index (χ2n) is 5.96. The van der Waals surface area contributed by atoms with Gasteiger partial charge in [0.25, 0.3) is 11.6 Å². The van der Waals surface area contributed by atoms with Gasteiger partial charge in [0.2, 0.25) is 0 Å². The lowest BCUT2D eigenvalue weighted by Gasteiger charge is -2.38. The summed E-state index contributed by atoms with van der Waals surface area (Å²) in [6.45, 7) is 4.11. The first-order chi connectivity index (χ1) is 11.4. The number of benzene rings is 1. The van der Waals surface area contributed by atoms with E-state index in [2.05, 4.69) is 19.2 Å². The minimum Gasteiger partial charge on any atom is -0.371 e. The summed E-state index contributed by atoms with van der Waals surface area (Å²) in [5, 5.41) is 22.8. The minimum absolute atomic E-state index is 0.0613. The van der Waals surface area contributed by atoms with Crippen LogP contribution in [0.1, 0.15) is 33.1 Å². The van der Waals surface area contributed by atoms with Crippen molar-refractivity contribution in [2.45, 2.75) is 45.2 Å². The molecule has 0 spiro atoms. The van der Waals surface area contributed by atoms with Crippen LogP contribution in [-0.4, -0.2) is 27.8 Å². The summed E-state index contributed by atoms with van der Waals surface area (Å²) in [4.78, 5) is 24.8. The van der Waals surface area contributed by atoms with Crippen molar-refractivity contribution in [2.24, 2.45) is 0 Å². The molecule has 1 aliphatic rings. The Morgan fingerprint density at radius 1 is 1.38 bits per heavy atom. The van der Waals surface area contributed by atoms with Gasteiger partial charge in [-0.1, -0.05) is 12.1 Å². The quantitative estimate of drug-likeness (QED) is 0.396. The van der Waals surface area contributed by atoms with Crippen molar-refractivity contribution >= 4 is 17.3 Å². The largest absolute Gasteiger partial charge is 0.371 e. The predicted octanol–water partition coefficient (Wildman–Crippen LogP) is 3.20. The van der Waals surface area contributed by atoms with Crippen molar-refractivity contribution in [1.29, 1.82) is 5.26 Å². The molecule has 0 bridgehead atoms. The van der Waals surface area contributed by atoms with Crippen molar-refractivity contribution in [1.82, 2.24) is 4.90 Å². The first-order valence-corrected chi connectivity index (χ1v) is 7.88. The minimum atomic E-state index is -0.642. The van der Waals surface area contributed by atoms with Crippen molar-refractivity contribution in [3.8, 4) is 6.07 Å². The number of carbonyl (C=O) groups is 1. The number of piperidine rings is 1. The molecule has 7 nitrogen and oxygen atoms in total. The highest BCUT2D eigenvalue weighted by Crippen LogP contribution is 2.25. The maximum Gasteiger partial charge on any atom is 0.292 e. The Morgan fingerprint density at radius 3 is 2.58 bits per heavy atom. The molecule has 1 aromatic rings. The molecule has 2 unspecified atom stereocenters. The summed E-state index contributed by atoms with van der Waals surface area (Å²) >= 11 is 0. The number of hydrogen-bond acceptors (Lipinski definition) is 5. The molecule has 0 aliphatic carbocycles. The lowest BCUT2D eigenvalue weighted by Crippen LogP contribution is -2.40. The second kappa shape index (κ2) is 7.59. The standard InChI is InChI=1S/C17H20N4O3/c1-12-6-5-7-13(2)20(12)11-14(10-18)17(22)19-15-8-3-4-9-16(15)21(23)24/h3-4,8-9,11-13H,5-7H2,1-2H3,(H,19,22)/b14-11-. The Balaban J connectivity index is 2.22. The normalized spacial score (nSPS) is 21.0. The van der Waals surface area contributed by atoms with Gasteiger partial charge in [0.1, 0.15) is 17.3 Å². The topological polar surface area (TPSA) is 99.3 Å². The van der Waals surface area contributed by atoms with Gasteiger partial charge in [-0.05, 0) is 39.2 Å². The molecule has 1 N–H and O–H groups in total. The van der Waals surface area contributed by atoms with Crippen molar-refractivity contribution in [2.75, 3.05) is 5.32 Å². The number of nitriles is 1. The predicted molar refractivity (Wildman–Crippen MR) is 90.0 cm³/mol. The Kier molecular flexibility index (Phi) is 5.53. The zero-order chi connectivity index (χ0) is 17.7. The average Bonchev–Trinajstić information content (AvgIpc) is 2.55. The number of hydrogen-bond donors (Lipinski definition) is 1. The fraction of sp³-hybridized carbons (Fsp3) is 0.412. The van der Waals surface area contributed by atoms with Gasteiger partial charge >= 0.3 is 0 Å². The first-order valence-electron chi connectivity index (χ1n) is 7.88. The lowest BCUT2D eigenvalue weighted by molar-refractivity contribution is -0.383. The maximum atomic E-state index is 12.4. The van der Waals surface area contributed by atoms with E-state index in [9.17, 15) is 20.2 Å². The Bertz CT molecular complexity index is 698.